The fourth-order valence-electron chi connectivity index (χ4n) is 4.92. The molecule has 5 aromatic rings. The number of para-hydroxylation sites is 2. The average molecular weight is 503 g/mol. The van der Waals surface area contributed by atoms with E-state index in [0.29, 0.717) is 6.61 Å². The summed E-state index contributed by atoms with van der Waals surface area (Å²) < 4.78 is 17.0. The Morgan fingerprint density at radius 3 is 1.91 bits per heavy atom. The molecule has 0 atom stereocenters. The van der Waals surface area contributed by atoms with E-state index in [1.165, 1.54) is 32.9 Å². The number of hydrogen-bond donors (Lipinski definition) is 0. The van der Waals surface area contributed by atoms with Crippen molar-refractivity contribution in [2.75, 3.05) is 13.7 Å². The minimum atomic E-state index is 0.0167. The minimum absolute atomic E-state index is 0.0167. The van der Waals surface area contributed by atoms with E-state index < -0.39 is 0 Å². The van der Waals surface area contributed by atoms with Crippen LogP contribution in [0.4, 0.5) is 0 Å². The van der Waals surface area contributed by atoms with E-state index in [9.17, 15) is 0 Å². The molecule has 5 rings (SSSR count). The lowest BCUT2D eigenvalue weighted by Gasteiger charge is -2.20. The number of aromatic nitrogens is 2. The van der Waals surface area contributed by atoms with Gasteiger partial charge in [0.05, 0.1) is 18.2 Å². The fourth-order valence-corrected chi connectivity index (χ4v) is 5.50. The Balaban J connectivity index is 1.83. The number of benzene rings is 3. The third kappa shape index (κ3) is 3.61. The molecule has 0 spiro atoms. The maximum absolute atomic E-state index is 5.87. The topological polar surface area (TPSA) is 28.3 Å². The predicted octanol–water partition coefficient (Wildman–Crippen LogP) is 7.02. The van der Waals surface area contributed by atoms with Crippen molar-refractivity contribution in [1.82, 2.24) is 9.13 Å². The molecule has 0 saturated carbocycles. The first-order chi connectivity index (χ1) is 16.0. The lowest BCUT2D eigenvalue weighted by Crippen LogP contribution is -2.05. The molecule has 2 aromatic heterocycles. The van der Waals surface area contributed by atoms with E-state index in [-0.39, 0.29) is 5.92 Å². The Kier molecular flexibility index (Phi) is 5.67. The number of hydrogen-bond acceptors (Lipinski definition) is 2. The Morgan fingerprint density at radius 2 is 1.39 bits per heavy atom. The van der Waals surface area contributed by atoms with Gasteiger partial charge in [-0.3, -0.25) is 0 Å². The van der Waals surface area contributed by atoms with Crippen LogP contribution in [0.1, 0.15) is 29.5 Å². The van der Waals surface area contributed by atoms with Gasteiger partial charge in [-0.05, 0) is 63.8 Å². The van der Waals surface area contributed by atoms with Crippen LogP contribution in [0, 0.1) is 0 Å². The number of methoxy groups -OCH3 is 1. The van der Waals surface area contributed by atoms with Crippen molar-refractivity contribution in [2.45, 2.75) is 12.8 Å². The van der Waals surface area contributed by atoms with Crippen LogP contribution in [0.3, 0.4) is 0 Å². The van der Waals surface area contributed by atoms with Gasteiger partial charge in [-0.15, -0.1) is 0 Å². The predicted molar refractivity (Wildman–Crippen MR) is 139 cm³/mol. The first-order valence-electron chi connectivity index (χ1n) is 11.1. The molecule has 0 aliphatic rings. The van der Waals surface area contributed by atoms with Gasteiger partial charge in [0.15, 0.2) is 11.5 Å². The smallest absolute Gasteiger partial charge is 0.175 e. The lowest BCUT2D eigenvalue weighted by molar-refractivity contribution is 0.308. The third-order valence-electron chi connectivity index (χ3n) is 6.35. The van der Waals surface area contributed by atoms with Gasteiger partial charge in [0.1, 0.15) is 0 Å². The summed E-state index contributed by atoms with van der Waals surface area (Å²) >= 11 is 3.75. The molecule has 5 heteroatoms. The molecule has 0 aliphatic heterocycles. The number of ether oxygens (including phenoxy) is 2. The molecule has 33 heavy (non-hydrogen) atoms. The molecule has 3 aromatic carbocycles. The standard InChI is InChI=1S/C28H27BrN2O2/c1-5-33-28-23(29)14-18(15-26(28)32-4)27(21-16-30(2)24-12-8-6-10-19(21)24)22-17-31(3)25-13-9-7-11-20(22)25/h6-17,27H,5H2,1-4H3. The largest absolute Gasteiger partial charge is 0.493 e. The van der Waals surface area contributed by atoms with Gasteiger partial charge in [0, 0.05) is 54.2 Å². The highest BCUT2D eigenvalue weighted by molar-refractivity contribution is 9.10. The van der Waals surface area contributed by atoms with E-state index in [1.807, 2.05) is 6.92 Å². The van der Waals surface area contributed by atoms with Gasteiger partial charge in [0.25, 0.3) is 0 Å². The number of aryl methyl sites for hydroxylation is 2. The molecule has 0 N–H and O–H groups in total. The summed E-state index contributed by atoms with van der Waals surface area (Å²) in [5.41, 5.74) is 6.12. The first kappa shape index (κ1) is 21.7. The van der Waals surface area contributed by atoms with Crippen LogP contribution >= 0.6 is 15.9 Å². The average Bonchev–Trinajstić information content (AvgIpc) is 3.33. The van der Waals surface area contributed by atoms with E-state index in [4.69, 9.17) is 9.47 Å². The Morgan fingerprint density at radius 1 is 0.848 bits per heavy atom. The van der Waals surface area contributed by atoms with Gasteiger partial charge in [-0.25, -0.2) is 0 Å². The van der Waals surface area contributed by atoms with E-state index in [0.717, 1.165) is 21.5 Å². The lowest BCUT2D eigenvalue weighted by atomic mass is 9.84. The summed E-state index contributed by atoms with van der Waals surface area (Å²) in [6.45, 7) is 2.55. The molecule has 0 fully saturated rings. The molecule has 0 bridgehead atoms. The van der Waals surface area contributed by atoms with Crippen molar-refractivity contribution in [2.24, 2.45) is 14.1 Å². The molecule has 168 valence electrons. The minimum Gasteiger partial charge on any atom is -0.493 e. The van der Waals surface area contributed by atoms with Gasteiger partial charge in [-0.1, -0.05) is 36.4 Å². The highest BCUT2D eigenvalue weighted by atomic mass is 79.9. The summed E-state index contributed by atoms with van der Waals surface area (Å²) in [4.78, 5) is 0. The Labute approximate surface area is 202 Å². The van der Waals surface area contributed by atoms with Crippen LogP contribution in [-0.2, 0) is 14.1 Å². The number of nitrogens with zero attached hydrogens (tertiary/aromatic N) is 2. The normalized spacial score (nSPS) is 11.6. The van der Waals surface area contributed by atoms with Crippen molar-refractivity contribution in [3.63, 3.8) is 0 Å². The maximum Gasteiger partial charge on any atom is 0.175 e. The van der Waals surface area contributed by atoms with Gasteiger partial charge >= 0.3 is 0 Å². The number of halogens is 1. The molecule has 0 radical (unpaired) electrons. The van der Waals surface area contributed by atoms with E-state index >= 15 is 0 Å². The van der Waals surface area contributed by atoms with Crippen molar-refractivity contribution >= 4 is 37.7 Å². The SMILES string of the molecule is CCOc1c(Br)cc(C(c2cn(C)c3ccccc23)c2cn(C)c3ccccc23)cc1OC. The summed E-state index contributed by atoms with van der Waals surface area (Å²) in [7, 11) is 5.92. The van der Waals surface area contributed by atoms with E-state index in [1.54, 1.807) is 7.11 Å². The van der Waals surface area contributed by atoms with Gasteiger partial charge in [0.2, 0.25) is 0 Å². The number of rotatable bonds is 6. The van der Waals surface area contributed by atoms with Crippen LogP contribution < -0.4 is 9.47 Å². The quantitative estimate of drug-likeness (QED) is 0.249. The zero-order valence-electron chi connectivity index (χ0n) is 19.3. The van der Waals surface area contributed by atoms with Crippen molar-refractivity contribution < 1.29 is 9.47 Å². The maximum atomic E-state index is 5.87. The molecule has 4 nitrogen and oxygen atoms in total. The second-order valence-corrected chi connectivity index (χ2v) is 9.18. The molecule has 0 amide bonds. The Hall–Kier alpha value is -3.18. The van der Waals surface area contributed by atoms with Gasteiger partial charge in [-0.2, -0.15) is 0 Å². The summed E-state index contributed by atoms with van der Waals surface area (Å²) in [6.07, 6.45) is 4.52. The van der Waals surface area contributed by atoms with Crippen LogP contribution in [0.25, 0.3) is 21.8 Å². The zero-order valence-corrected chi connectivity index (χ0v) is 20.9. The highest BCUT2D eigenvalue weighted by Crippen LogP contribution is 2.45. The van der Waals surface area contributed by atoms with Crippen molar-refractivity contribution in [3.8, 4) is 11.5 Å². The van der Waals surface area contributed by atoms with Gasteiger partial charge < -0.3 is 18.6 Å². The first-order valence-corrected chi connectivity index (χ1v) is 11.9. The van der Waals surface area contributed by atoms with Crippen molar-refractivity contribution in [3.05, 3.63) is 94.2 Å². The van der Waals surface area contributed by atoms with Crippen molar-refractivity contribution in [1.29, 1.82) is 0 Å². The second kappa shape index (κ2) is 8.64. The highest BCUT2D eigenvalue weighted by Gasteiger charge is 2.26. The van der Waals surface area contributed by atoms with Crippen LogP contribution in [0.15, 0.2) is 77.5 Å². The monoisotopic (exact) mass is 502 g/mol. The molecule has 0 aliphatic carbocycles. The summed E-state index contributed by atoms with van der Waals surface area (Å²) in [6, 6.07) is 21.5. The number of fused-ring (bicyclic) bond motifs is 2. The zero-order chi connectivity index (χ0) is 23.1. The second-order valence-electron chi connectivity index (χ2n) is 8.33. The molecule has 0 saturated heterocycles. The fraction of sp³-hybridized carbons (Fsp3) is 0.214. The molecular formula is C28H27BrN2O2. The van der Waals surface area contributed by atoms with Crippen LogP contribution in [0.5, 0.6) is 11.5 Å². The Bertz CT molecular complexity index is 1380. The van der Waals surface area contributed by atoms with E-state index in [2.05, 4.69) is 112 Å². The van der Waals surface area contributed by atoms with Crippen LogP contribution in [0.2, 0.25) is 0 Å². The molecule has 0 unspecified atom stereocenters. The molecular weight excluding hydrogens is 476 g/mol. The third-order valence-corrected chi connectivity index (χ3v) is 6.94. The van der Waals surface area contributed by atoms with Crippen LogP contribution in [-0.4, -0.2) is 22.9 Å². The summed E-state index contributed by atoms with van der Waals surface area (Å²) in [5.74, 6) is 1.48. The summed E-state index contributed by atoms with van der Waals surface area (Å²) in [5, 5.41) is 2.50. The molecule has 2 heterocycles.